The molecular weight excluding hydrogens is 362 g/mol. The summed E-state index contributed by atoms with van der Waals surface area (Å²) in [6, 6.07) is 6.92. The van der Waals surface area contributed by atoms with Crippen LogP contribution in [-0.4, -0.2) is 50.7 Å². The third kappa shape index (κ3) is 2.93. The van der Waals surface area contributed by atoms with Crippen molar-refractivity contribution in [1.82, 2.24) is 4.31 Å². The second kappa shape index (κ2) is 6.60. The Morgan fingerprint density at radius 2 is 2.04 bits per heavy atom. The summed E-state index contributed by atoms with van der Waals surface area (Å²) in [5, 5.41) is 13.7. The molecule has 2 aliphatic heterocycles. The highest BCUT2D eigenvalue weighted by Gasteiger charge is 2.41. The quantitative estimate of drug-likeness (QED) is 0.876. The molecule has 25 heavy (non-hydrogen) atoms. The Morgan fingerprint density at radius 1 is 1.20 bits per heavy atom. The number of aliphatic hydroxyl groups excluding tert-OH is 1. The van der Waals surface area contributed by atoms with Gasteiger partial charge in [0, 0.05) is 31.5 Å². The van der Waals surface area contributed by atoms with Crippen molar-refractivity contribution in [2.75, 3.05) is 32.9 Å². The normalized spacial score (nSPS) is 23.7. The van der Waals surface area contributed by atoms with Gasteiger partial charge in [-0.2, -0.15) is 15.6 Å². The Morgan fingerprint density at radius 3 is 2.80 bits per heavy atom. The van der Waals surface area contributed by atoms with E-state index in [1.807, 2.05) is 16.8 Å². The molecule has 2 aromatic rings. The van der Waals surface area contributed by atoms with E-state index < -0.39 is 10.0 Å². The zero-order valence-corrected chi connectivity index (χ0v) is 15.1. The number of hydrogen-bond donors (Lipinski definition) is 1. The van der Waals surface area contributed by atoms with E-state index in [1.165, 1.54) is 4.31 Å². The van der Waals surface area contributed by atoms with Crippen LogP contribution in [0.1, 0.15) is 11.5 Å². The lowest BCUT2D eigenvalue weighted by atomic mass is 9.92. The molecule has 2 unspecified atom stereocenters. The molecule has 0 bridgehead atoms. The average molecular weight is 381 g/mol. The van der Waals surface area contributed by atoms with E-state index in [-0.39, 0.29) is 29.1 Å². The summed E-state index contributed by atoms with van der Waals surface area (Å²) < 4.78 is 38.9. The third-order valence-corrected chi connectivity index (χ3v) is 7.32. The summed E-state index contributed by atoms with van der Waals surface area (Å²) in [5.74, 6) is 0.636. The topological polar surface area (TPSA) is 76.1 Å². The molecule has 1 aromatic carbocycles. The number of hydrogen-bond acceptors (Lipinski definition) is 6. The molecule has 2 aliphatic rings. The minimum absolute atomic E-state index is 0.00253. The Bertz CT molecular complexity index is 850. The molecular formula is C17H19NO5S2. The van der Waals surface area contributed by atoms with Gasteiger partial charge in [-0.05, 0) is 34.5 Å². The summed E-state index contributed by atoms with van der Waals surface area (Å²) in [7, 11) is -3.73. The molecule has 3 heterocycles. The van der Waals surface area contributed by atoms with Crippen LogP contribution in [-0.2, 0) is 10.0 Å². The molecule has 0 amide bonds. The highest BCUT2D eigenvalue weighted by molar-refractivity contribution is 7.89. The molecule has 2 atom stereocenters. The van der Waals surface area contributed by atoms with Gasteiger partial charge in [0.25, 0.3) is 0 Å². The number of benzene rings is 1. The van der Waals surface area contributed by atoms with Crippen LogP contribution < -0.4 is 9.47 Å². The van der Waals surface area contributed by atoms with E-state index >= 15 is 0 Å². The van der Waals surface area contributed by atoms with Gasteiger partial charge in [0.05, 0.1) is 0 Å². The first-order valence-electron chi connectivity index (χ1n) is 8.13. The molecule has 1 N–H and O–H groups in total. The van der Waals surface area contributed by atoms with Gasteiger partial charge >= 0.3 is 0 Å². The second-order valence-electron chi connectivity index (χ2n) is 6.21. The smallest absolute Gasteiger partial charge is 0.246 e. The summed E-state index contributed by atoms with van der Waals surface area (Å²) >= 11 is 1.58. The molecule has 4 rings (SSSR count). The summed E-state index contributed by atoms with van der Waals surface area (Å²) in [5.41, 5.74) is 1.08. The lowest BCUT2D eigenvalue weighted by Gasteiger charge is -2.23. The summed E-state index contributed by atoms with van der Waals surface area (Å²) in [6.07, 6.45) is 0. The predicted molar refractivity (Wildman–Crippen MR) is 93.8 cm³/mol. The average Bonchev–Trinajstić information content (AvgIpc) is 3.30. The van der Waals surface area contributed by atoms with Crippen molar-refractivity contribution in [3.63, 3.8) is 0 Å². The van der Waals surface area contributed by atoms with E-state index in [2.05, 4.69) is 0 Å². The number of aliphatic hydroxyl groups is 1. The van der Waals surface area contributed by atoms with Crippen molar-refractivity contribution in [3.8, 4) is 11.5 Å². The van der Waals surface area contributed by atoms with Crippen molar-refractivity contribution in [3.05, 3.63) is 40.6 Å². The third-order valence-electron chi connectivity index (χ3n) is 4.76. The molecule has 6 nitrogen and oxygen atoms in total. The van der Waals surface area contributed by atoms with Crippen molar-refractivity contribution < 1.29 is 23.0 Å². The van der Waals surface area contributed by atoms with E-state index in [0.29, 0.717) is 32.1 Å². The first-order valence-corrected chi connectivity index (χ1v) is 10.5. The minimum atomic E-state index is -3.73. The first kappa shape index (κ1) is 16.8. The molecule has 134 valence electrons. The van der Waals surface area contributed by atoms with Crippen LogP contribution in [0.3, 0.4) is 0 Å². The number of ether oxygens (including phenoxy) is 2. The highest BCUT2D eigenvalue weighted by atomic mass is 32.2. The number of thiophene rings is 1. The van der Waals surface area contributed by atoms with Gasteiger partial charge in [-0.1, -0.05) is 6.07 Å². The molecule has 1 aromatic heterocycles. The first-order chi connectivity index (χ1) is 12.1. The van der Waals surface area contributed by atoms with Crippen LogP contribution in [0.15, 0.2) is 39.9 Å². The van der Waals surface area contributed by atoms with Crippen molar-refractivity contribution in [1.29, 1.82) is 0 Å². The fraction of sp³-hybridized carbons (Fsp3) is 0.412. The number of para-hydroxylation sites is 1. The van der Waals surface area contributed by atoms with E-state index in [1.54, 1.807) is 29.5 Å². The second-order valence-corrected chi connectivity index (χ2v) is 8.89. The van der Waals surface area contributed by atoms with Crippen LogP contribution in [0.2, 0.25) is 0 Å². The molecule has 0 aliphatic carbocycles. The van der Waals surface area contributed by atoms with E-state index in [0.717, 1.165) is 5.56 Å². The molecule has 1 saturated heterocycles. The van der Waals surface area contributed by atoms with Crippen LogP contribution in [0.25, 0.3) is 0 Å². The molecule has 1 fully saturated rings. The number of nitrogens with zero attached hydrogens (tertiary/aromatic N) is 1. The number of sulfonamides is 1. The Balaban J connectivity index is 1.68. The lowest BCUT2D eigenvalue weighted by molar-refractivity contribution is 0.166. The van der Waals surface area contributed by atoms with Crippen molar-refractivity contribution in [2.45, 2.75) is 10.8 Å². The van der Waals surface area contributed by atoms with Gasteiger partial charge in [-0.3, -0.25) is 0 Å². The molecule has 0 saturated carbocycles. The number of fused-ring (bicyclic) bond motifs is 1. The largest absolute Gasteiger partial charge is 0.486 e. The summed E-state index contributed by atoms with van der Waals surface area (Å²) in [4.78, 5) is 0.132. The zero-order chi connectivity index (χ0) is 17.4. The maximum atomic E-state index is 13.2. The minimum Gasteiger partial charge on any atom is -0.486 e. The van der Waals surface area contributed by atoms with Crippen molar-refractivity contribution in [2.24, 2.45) is 5.92 Å². The van der Waals surface area contributed by atoms with Crippen LogP contribution in [0.4, 0.5) is 0 Å². The van der Waals surface area contributed by atoms with Gasteiger partial charge in [-0.15, -0.1) is 0 Å². The van der Waals surface area contributed by atoms with Crippen LogP contribution in [0.5, 0.6) is 11.5 Å². The van der Waals surface area contributed by atoms with Crippen LogP contribution in [0, 0.1) is 5.92 Å². The number of rotatable bonds is 4. The molecule has 0 radical (unpaired) electrons. The van der Waals surface area contributed by atoms with Crippen molar-refractivity contribution >= 4 is 21.4 Å². The van der Waals surface area contributed by atoms with Crippen LogP contribution >= 0.6 is 11.3 Å². The fourth-order valence-corrected chi connectivity index (χ4v) is 5.86. The van der Waals surface area contributed by atoms with Gasteiger partial charge in [-0.25, -0.2) is 8.42 Å². The standard InChI is InChI=1S/C17H19NO5S2/c19-10-13-8-18(9-14(13)12-4-7-24-11-12)25(20,21)16-3-1-2-15-17(16)23-6-5-22-15/h1-4,7,11,13-14,19H,5-6,8-10H2. The van der Waals surface area contributed by atoms with E-state index in [4.69, 9.17) is 9.47 Å². The lowest BCUT2D eigenvalue weighted by Crippen LogP contribution is -2.30. The zero-order valence-electron chi connectivity index (χ0n) is 13.5. The maximum Gasteiger partial charge on any atom is 0.246 e. The maximum absolute atomic E-state index is 13.2. The van der Waals surface area contributed by atoms with Gasteiger partial charge in [0.2, 0.25) is 10.0 Å². The monoisotopic (exact) mass is 381 g/mol. The Labute approximate surface area is 150 Å². The van der Waals surface area contributed by atoms with E-state index in [9.17, 15) is 13.5 Å². The van der Waals surface area contributed by atoms with Gasteiger partial charge < -0.3 is 14.6 Å². The van der Waals surface area contributed by atoms with Gasteiger partial charge in [0.15, 0.2) is 11.5 Å². The van der Waals surface area contributed by atoms with Gasteiger partial charge in [0.1, 0.15) is 18.1 Å². The molecule has 0 spiro atoms. The Kier molecular flexibility index (Phi) is 4.45. The fourth-order valence-electron chi connectivity index (χ4n) is 3.47. The predicted octanol–water partition coefficient (Wildman–Crippen LogP) is 1.92. The highest BCUT2D eigenvalue weighted by Crippen LogP contribution is 2.41. The Hall–Kier alpha value is -1.61. The molecule has 8 heteroatoms. The summed E-state index contributed by atoms with van der Waals surface area (Å²) in [6.45, 7) is 1.35. The SMILES string of the molecule is O=S(=O)(c1cccc2c1OCCO2)N1CC(CO)C(c2ccsc2)C1.